The average molecular weight is 428 g/mol. The van der Waals surface area contributed by atoms with E-state index in [1.807, 2.05) is 30.3 Å². The first-order valence-corrected chi connectivity index (χ1v) is 10.8. The van der Waals surface area contributed by atoms with Crippen molar-refractivity contribution in [1.82, 2.24) is 10.2 Å². The van der Waals surface area contributed by atoms with Gasteiger partial charge in [-0.25, -0.2) is 0 Å². The molecule has 0 radical (unpaired) electrons. The highest BCUT2D eigenvalue weighted by atomic mass is 16.5. The lowest BCUT2D eigenvalue weighted by atomic mass is 10.0. The van der Waals surface area contributed by atoms with Crippen LogP contribution in [0.4, 0.5) is 5.69 Å². The second-order valence-corrected chi connectivity index (χ2v) is 8.32. The summed E-state index contributed by atoms with van der Waals surface area (Å²) in [5, 5.41) is 8.45. The number of anilines is 1. The highest BCUT2D eigenvalue weighted by molar-refractivity contribution is 6.01. The Balaban J connectivity index is 1.31. The third kappa shape index (κ3) is 3.58. The first kappa shape index (κ1) is 20.1. The smallest absolute Gasteiger partial charge is 0.255 e. The van der Waals surface area contributed by atoms with E-state index in [0.29, 0.717) is 37.2 Å². The van der Waals surface area contributed by atoms with Gasteiger partial charge in [-0.1, -0.05) is 30.8 Å². The Morgan fingerprint density at radius 1 is 1.16 bits per heavy atom. The molecule has 0 saturated carbocycles. The third-order valence-corrected chi connectivity index (χ3v) is 6.26. The van der Waals surface area contributed by atoms with Crippen molar-refractivity contribution in [3.05, 3.63) is 83.6 Å². The first-order valence-electron chi connectivity index (χ1n) is 10.8. The monoisotopic (exact) mass is 427 g/mol. The number of piperidine rings is 1. The molecule has 6 nitrogen and oxygen atoms in total. The van der Waals surface area contributed by atoms with Crippen molar-refractivity contribution in [2.75, 3.05) is 12.4 Å². The number of carbonyl (C=O) groups is 2. The van der Waals surface area contributed by atoms with Crippen LogP contribution in [0, 0.1) is 0 Å². The molecule has 162 valence electrons. The normalized spacial score (nSPS) is 18.0. The lowest BCUT2D eigenvalue weighted by Crippen LogP contribution is -2.49. The Hall–Kier alpha value is -3.80. The number of carbonyl (C=O) groups excluding carboxylic acids is 2. The maximum absolute atomic E-state index is 12.9. The van der Waals surface area contributed by atoms with Crippen LogP contribution in [0.5, 0.6) is 5.75 Å². The van der Waals surface area contributed by atoms with E-state index in [-0.39, 0.29) is 11.8 Å². The molecule has 3 aromatic rings. The van der Waals surface area contributed by atoms with Crippen molar-refractivity contribution in [3.63, 3.8) is 0 Å². The topological polar surface area (TPSA) is 70.7 Å². The number of nitrogens with zero attached hydrogens (tertiary/aromatic N) is 1. The summed E-state index contributed by atoms with van der Waals surface area (Å²) >= 11 is 0. The molecule has 2 N–H and O–H groups in total. The van der Waals surface area contributed by atoms with Gasteiger partial charge in [-0.15, -0.1) is 0 Å². The minimum atomic E-state index is -0.440. The second-order valence-electron chi connectivity index (χ2n) is 8.32. The molecule has 2 aliphatic heterocycles. The van der Waals surface area contributed by atoms with Crippen LogP contribution in [0.25, 0.3) is 10.8 Å². The van der Waals surface area contributed by atoms with E-state index in [2.05, 4.69) is 41.5 Å². The summed E-state index contributed by atoms with van der Waals surface area (Å²) < 4.78 is 5.49. The number of amides is 2. The molecule has 5 rings (SSSR count). The number of hydrogen-bond donors (Lipinski definition) is 2. The molecule has 3 aromatic carbocycles. The van der Waals surface area contributed by atoms with E-state index in [0.717, 1.165) is 33.3 Å². The minimum Gasteiger partial charge on any atom is -0.496 e. The summed E-state index contributed by atoms with van der Waals surface area (Å²) in [4.78, 5) is 26.9. The van der Waals surface area contributed by atoms with E-state index in [4.69, 9.17) is 4.74 Å². The zero-order valence-corrected chi connectivity index (χ0v) is 18.0. The van der Waals surface area contributed by atoms with E-state index in [1.54, 1.807) is 12.0 Å². The number of benzene rings is 3. The van der Waals surface area contributed by atoms with Gasteiger partial charge in [-0.2, -0.15) is 0 Å². The molecule has 2 aliphatic rings. The quantitative estimate of drug-likeness (QED) is 0.640. The zero-order valence-electron chi connectivity index (χ0n) is 18.0. The van der Waals surface area contributed by atoms with Crippen molar-refractivity contribution in [2.24, 2.45) is 0 Å². The molecule has 0 aliphatic carbocycles. The van der Waals surface area contributed by atoms with Crippen molar-refractivity contribution >= 4 is 28.3 Å². The Kier molecular flexibility index (Phi) is 5.05. The van der Waals surface area contributed by atoms with E-state index >= 15 is 0 Å². The largest absolute Gasteiger partial charge is 0.496 e. The molecule has 1 fully saturated rings. The van der Waals surface area contributed by atoms with Crippen molar-refractivity contribution in [2.45, 2.75) is 32.0 Å². The van der Waals surface area contributed by atoms with Crippen LogP contribution in [0.1, 0.15) is 34.3 Å². The van der Waals surface area contributed by atoms with Crippen LogP contribution in [0.2, 0.25) is 0 Å². The number of rotatable bonds is 5. The van der Waals surface area contributed by atoms with E-state index in [9.17, 15) is 9.59 Å². The molecule has 32 heavy (non-hydrogen) atoms. The van der Waals surface area contributed by atoms with Crippen molar-refractivity contribution in [3.8, 4) is 5.75 Å². The van der Waals surface area contributed by atoms with E-state index in [1.165, 1.54) is 0 Å². The Bertz CT molecular complexity index is 1250. The molecule has 1 atom stereocenters. The number of ether oxygens (including phenoxy) is 1. The molecule has 1 unspecified atom stereocenters. The van der Waals surface area contributed by atoms with Gasteiger partial charge in [0.15, 0.2) is 0 Å². The van der Waals surface area contributed by atoms with Gasteiger partial charge in [0.2, 0.25) is 5.91 Å². The highest BCUT2D eigenvalue weighted by Gasteiger charge is 2.38. The van der Waals surface area contributed by atoms with Crippen LogP contribution < -0.4 is 15.4 Å². The minimum absolute atomic E-state index is 0.0826. The van der Waals surface area contributed by atoms with Crippen LogP contribution in [-0.2, 0) is 17.9 Å². The summed E-state index contributed by atoms with van der Waals surface area (Å²) in [5.41, 5.74) is 4.41. The predicted molar refractivity (Wildman–Crippen MR) is 124 cm³/mol. The Morgan fingerprint density at radius 2 is 2.03 bits per heavy atom. The van der Waals surface area contributed by atoms with Gasteiger partial charge in [0.25, 0.3) is 5.91 Å². The molecule has 0 aromatic heterocycles. The Labute approximate surface area is 186 Å². The van der Waals surface area contributed by atoms with Gasteiger partial charge in [0, 0.05) is 35.4 Å². The molecule has 0 spiro atoms. The molecule has 0 bridgehead atoms. The summed E-state index contributed by atoms with van der Waals surface area (Å²) in [5.74, 6) is 0.629. The standard InChI is InChI=1S/C26H25N3O3/c1-16-6-11-23(25(30)28-16)29-15-19-13-20(9-10-21(19)26(29)31)27-14-17-7-8-18-4-3-5-24(32-2)22(18)12-17/h3-5,7-10,12-13,23,27H,1,6,11,14-15H2,2H3,(H,28,30). The van der Waals surface area contributed by atoms with Gasteiger partial charge in [0.1, 0.15) is 11.8 Å². The molecule has 2 amide bonds. The number of allylic oxidation sites excluding steroid dienone is 1. The fourth-order valence-corrected chi connectivity index (χ4v) is 4.55. The van der Waals surface area contributed by atoms with Crippen LogP contribution >= 0.6 is 0 Å². The SMILES string of the molecule is C=C1CCC(N2Cc3cc(NCc4ccc5cccc(OC)c5c4)ccc3C2=O)C(=O)N1. The summed E-state index contributed by atoms with van der Waals surface area (Å²) in [6.07, 6.45) is 1.31. The highest BCUT2D eigenvalue weighted by Crippen LogP contribution is 2.31. The lowest BCUT2D eigenvalue weighted by molar-refractivity contribution is -0.126. The summed E-state index contributed by atoms with van der Waals surface area (Å²) in [6, 6.07) is 17.7. The van der Waals surface area contributed by atoms with Crippen LogP contribution in [0.15, 0.2) is 66.9 Å². The predicted octanol–water partition coefficient (Wildman–Crippen LogP) is 4.21. The average Bonchev–Trinajstić information content (AvgIpc) is 3.12. The van der Waals surface area contributed by atoms with Gasteiger partial charge in [0.05, 0.1) is 7.11 Å². The summed E-state index contributed by atoms with van der Waals surface area (Å²) in [6.45, 7) is 4.91. The van der Waals surface area contributed by atoms with E-state index < -0.39 is 6.04 Å². The number of fused-ring (bicyclic) bond motifs is 2. The van der Waals surface area contributed by atoms with Gasteiger partial charge < -0.3 is 20.3 Å². The lowest BCUT2D eigenvalue weighted by Gasteiger charge is -2.30. The molecular formula is C26H25N3O3. The summed E-state index contributed by atoms with van der Waals surface area (Å²) in [7, 11) is 1.68. The fraction of sp³-hybridized carbons (Fsp3) is 0.231. The third-order valence-electron chi connectivity index (χ3n) is 6.26. The van der Waals surface area contributed by atoms with Crippen molar-refractivity contribution in [1.29, 1.82) is 0 Å². The number of methoxy groups -OCH3 is 1. The fourth-order valence-electron chi connectivity index (χ4n) is 4.55. The first-order chi connectivity index (χ1) is 15.5. The Morgan fingerprint density at radius 3 is 2.84 bits per heavy atom. The second kappa shape index (κ2) is 8.04. The number of hydrogen-bond acceptors (Lipinski definition) is 4. The number of nitrogens with one attached hydrogen (secondary N) is 2. The van der Waals surface area contributed by atoms with Gasteiger partial charge >= 0.3 is 0 Å². The molecule has 2 heterocycles. The van der Waals surface area contributed by atoms with Gasteiger partial charge in [-0.05, 0) is 59.7 Å². The zero-order chi connectivity index (χ0) is 22.2. The van der Waals surface area contributed by atoms with Gasteiger partial charge in [-0.3, -0.25) is 9.59 Å². The maximum Gasteiger partial charge on any atom is 0.255 e. The maximum atomic E-state index is 12.9. The van der Waals surface area contributed by atoms with Crippen LogP contribution in [-0.4, -0.2) is 29.9 Å². The molecular weight excluding hydrogens is 402 g/mol. The van der Waals surface area contributed by atoms with Crippen molar-refractivity contribution < 1.29 is 14.3 Å². The van der Waals surface area contributed by atoms with Crippen LogP contribution in [0.3, 0.4) is 0 Å². The molecule has 6 heteroatoms. The molecule has 1 saturated heterocycles.